The number of nitrogen functional groups attached to an aromatic ring is 1. The predicted molar refractivity (Wildman–Crippen MR) is 128 cm³/mol. The normalized spacial score (nSPS) is 11.3. The van der Waals surface area contributed by atoms with Gasteiger partial charge in [0.1, 0.15) is 12.4 Å². The lowest BCUT2D eigenvalue weighted by atomic mass is 10.2. The number of hydrogen-bond donors (Lipinski definition) is 2. The SMILES string of the molecule is COCCCN(C(=O)Cn1ccc2cc([N+](=O)[O-])ccc21)c1c(N)n(CC(C)C)c(=O)[nH]c1=O. The summed E-state index contributed by atoms with van der Waals surface area (Å²) < 4.78 is 7.98. The zero-order valence-electron chi connectivity index (χ0n) is 19.3. The van der Waals surface area contributed by atoms with Gasteiger partial charge in [0.25, 0.3) is 11.2 Å². The molecule has 3 N–H and O–H groups in total. The van der Waals surface area contributed by atoms with E-state index in [0.717, 1.165) is 0 Å². The van der Waals surface area contributed by atoms with Gasteiger partial charge >= 0.3 is 5.69 Å². The van der Waals surface area contributed by atoms with Crippen LogP contribution in [0.3, 0.4) is 0 Å². The van der Waals surface area contributed by atoms with Gasteiger partial charge in [-0.3, -0.25) is 29.3 Å². The Bertz CT molecular complexity index is 1320. The second kappa shape index (κ2) is 10.3. The molecule has 0 fully saturated rings. The lowest BCUT2D eigenvalue weighted by Gasteiger charge is -2.25. The van der Waals surface area contributed by atoms with Crippen molar-refractivity contribution in [3.8, 4) is 0 Å². The van der Waals surface area contributed by atoms with Crippen molar-refractivity contribution in [3.05, 3.63) is 61.4 Å². The molecule has 0 aliphatic heterocycles. The molecule has 12 nitrogen and oxygen atoms in total. The van der Waals surface area contributed by atoms with Gasteiger partial charge < -0.3 is 19.9 Å². The summed E-state index contributed by atoms with van der Waals surface area (Å²) >= 11 is 0. The van der Waals surface area contributed by atoms with E-state index in [4.69, 9.17) is 10.5 Å². The Kier molecular flexibility index (Phi) is 7.51. The summed E-state index contributed by atoms with van der Waals surface area (Å²) in [6.07, 6.45) is 2.08. The standard InChI is InChI=1S/C22H28N6O6/c1-14(2)12-27-20(23)19(21(30)24-22(27)31)26(8-4-10-34-3)18(29)13-25-9-7-15-11-16(28(32)33)5-6-17(15)25/h5-7,9,11,14H,4,8,10,12-13,23H2,1-3H3,(H,24,30,31). The fourth-order valence-electron chi connectivity index (χ4n) is 3.78. The van der Waals surface area contributed by atoms with Crippen LogP contribution in [0.1, 0.15) is 20.3 Å². The first kappa shape index (κ1) is 24.7. The summed E-state index contributed by atoms with van der Waals surface area (Å²) in [5, 5.41) is 11.6. The van der Waals surface area contributed by atoms with E-state index in [2.05, 4.69) is 4.98 Å². The number of H-pyrrole nitrogens is 1. The van der Waals surface area contributed by atoms with Crippen LogP contribution in [0.4, 0.5) is 17.2 Å². The van der Waals surface area contributed by atoms with Crippen molar-refractivity contribution >= 4 is 34.0 Å². The number of methoxy groups -OCH3 is 1. The second-order valence-electron chi connectivity index (χ2n) is 8.33. The molecule has 2 heterocycles. The Morgan fingerprint density at radius 2 is 2.03 bits per heavy atom. The minimum atomic E-state index is -0.749. The highest BCUT2D eigenvalue weighted by molar-refractivity contribution is 5.96. The highest BCUT2D eigenvalue weighted by atomic mass is 16.6. The average Bonchev–Trinajstić information content (AvgIpc) is 3.17. The van der Waals surface area contributed by atoms with Gasteiger partial charge in [-0.1, -0.05) is 13.8 Å². The number of nitro groups is 1. The van der Waals surface area contributed by atoms with Crippen LogP contribution in [0.25, 0.3) is 10.9 Å². The minimum absolute atomic E-state index is 0.0514. The Morgan fingerprint density at radius 3 is 2.68 bits per heavy atom. The number of amides is 1. The monoisotopic (exact) mass is 472 g/mol. The molecule has 0 saturated carbocycles. The number of nitrogens with zero attached hydrogens (tertiary/aromatic N) is 4. The van der Waals surface area contributed by atoms with E-state index in [0.29, 0.717) is 23.9 Å². The number of ether oxygens (including phenoxy) is 1. The lowest BCUT2D eigenvalue weighted by molar-refractivity contribution is -0.384. The number of nitro benzene ring substituents is 1. The molecule has 0 atom stereocenters. The van der Waals surface area contributed by atoms with Crippen LogP contribution in [0, 0.1) is 16.0 Å². The Balaban J connectivity index is 2.01. The summed E-state index contributed by atoms with van der Waals surface area (Å²) in [7, 11) is 1.53. The largest absolute Gasteiger partial charge is 0.385 e. The van der Waals surface area contributed by atoms with E-state index >= 15 is 0 Å². The van der Waals surface area contributed by atoms with Crippen LogP contribution >= 0.6 is 0 Å². The van der Waals surface area contributed by atoms with Gasteiger partial charge in [-0.15, -0.1) is 0 Å². The molecule has 1 aromatic carbocycles. The predicted octanol–water partition coefficient (Wildman–Crippen LogP) is 1.71. The number of hydrogen-bond acceptors (Lipinski definition) is 7. The zero-order chi connectivity index (χ0) is 25.0. The van der Waals surface area contributed by atoms with Crippen molar-refractivity contribution in [2.75, 3.05) is 30.9 Å². The highest BCUT2D eigenvalue weighted by Gasteiger charge is 2.25. The fraction of sp³-hybridized carbons (Fsp3) is 0.409. The number of aromatic nitrogens is 3. The average molecular weight is 473 g/mol. The first-order chi connectivity index (χ1) is 16.1. The Morgan fingerprint density at radius 1 is 1.29 bits per heavy atom. The summed E-state index contributed by atoms with van der Waals surface area (Å²) in [5.41, 5.74) is 5.33. The topological polar surface area (TPSA) is 158 Å². The number of aromatic amines is 1. The third kappa shape index (κ3) is 5.17. The molecule has 2 aromatic heterocycles. The quantitative estimate of drug-likeness (QED) is 0.258. The zero-order valence-corrected chi connectivity index (χ0v) is 19.3. The number of rotatable bonds is 10. The van der Waals surface area contributed by atoms with Crippen molar-refractivity contribution in [3.63, 3.8) is 0 Å². The molecule has 0 radical (unpaired) electrons. The Hall–Kier alpha value is -3.93. The summed E-state index contributed by atoms with van der Waals surface area (Å²) in [6, 6.07) is 6.04. The molecule has 3 aromatic rings. The highest BCUT2D eigenvalue weighted by Crippen LogP contribution is 2.23. The molecule has 0 aliphatic carbocycles. The van der Waals surface area contributed by atoms with Gasteiger partial charge in [0.2, 0.25) is 5.91 Å². The number of nitrogens with two attached hydrogens (primary N) is 1. The summed E-state index contributed by atoms with van der Waals surface area (Å²) in [6.45, 7) is 4.43. The van der Waals surface area contributed by atoms with Crippen molar-refractivity contribution in [1.82, 2.24) is 14.1 Å². The molecule has 1 amide bonds. The smallest absolute Gasteiger partial charge is 0.330 e. The molecule has 0 saturated heterocycles. The van der Waals surface area contributed by atoms with Gasteiger partial charge in [-0.25, -0.2) is 4.79 Å². The van der Waals surface area contributed by atoms with E-state index in [1.807, 2.05) is 13.8 Å². The van der Waals surface area contributed by atoms with E-state index in [1.54, 1.807) is 22.9 Å². The van der Waals surface area contributed by atoms with Crippen LogP contribution in [0.15, 0.2) is 40.1 Å². The number of fused-ring (bicyclic) bond motifs is 1. The number of benzene rings is 1. The maximum Gasteiger partial charge on any atom is 0.330 e. The van der Waals surface area contributed by atoms with Crippen molar-refractivity contribution in [2.24, 2.45) is 5.92 Å². The third-order valence-corrected chi connectivity index (χ3v) is 5.33. The maximum atomic E-state index is 13.4. The van der Waals surface area contributed by atoms with E-state index in [-0.39, 0.29) is 42.7 Å². The van der Waals surface area contributed by atoms with Gasteiger partial charge in [0.15, 0.2) is 5.69 Å². The number of anilines is 2. The van der Waals surface area contributed by atoms with Gasteiger partial charge in [-0.2, -0.15) is 0 Å². The lowest BCUT2D eigenvalue weighted by Crippen LogP contribution is -2.43. The summed E-state index contributed by atoms with van der Waals surface area (Å²) in [5.74, 6) is -0.438. The molecule has 12 heteroatoms. The van der Waals surface area contributed by atoms with E-state index in [9.17, 15) is 24.5 Å². The van der Waals surface area contributed by atoms with Crippen molar-refractivity contribution in [2.45, 2.75) is 33.4 Å². The number of nitrogens with one attached hydrogen (secondary N) is 1. The fourth-order valence-corrected chi connectivity index (χ4v) is 3.78. The van der Waals surface area contributed by atoms with Crippen LogP contribution in [-0.2, 0) is 22.6 Å². The van der Waals surface area contributed by atoms with Crippen molar-refractivity contribution < 1.29 is 14.5 Å². The van der Waals surface area contributed by atoms with Gasteiger partial charge in [-0.05, 0) is 24.5 Å². The third-order valence-electron chi connectivity index (χ3n) is 5.33. The molecule has 182 valence electrons. The second-order valence-corrected chi connectivity index (χ2v) is 8.33. The van der Waals surface area contributed by atoms with E-state index < -0.39 is 22.1 Å². The maximum absolute atomic E-state index is 13.4. The Labute approximate surface area is 194 Å². The molecule has 0 aliphatic rings. The van der Waals surface area contributed by atoms with Gasteiger partial charge in [0, 0.05) is 56.0 Å². The first-order valence-electron chi connectivity index (χ1n) is 10.8. The minimum Gasteiger partial charge on any atom is -0.385 e. The van der Waals surface area contributed by atoms with Crippen LogP contribution in [-0.4, -0.2) is 45.2 Å². The molecular formula is C22H28N6O6. The number of carbonyl (C=O) groups is 1. The van der Waals surface area contributed by atoms with Crippen LogP contribution < -0.4 is 21.9 Å². The molecular weight excluding hydrogens is 444 g/mol. The summed E-state index contributed by atoms with van der Waals surface area (Å²) in [4.78, 5) is 52.6. The first-order valence-corrected chi connectivity index (χ1v) is 10.8. The molecule has 0 spiro atoms. The molecule has 0 unspecified atom stereocenters. The number of carbonyl (C=O) groups excluding carboxylic acids is 1. The van der Waals surface area contributed by atoms with Gasteiger partial charge in [0.05, 0.1) is 4.92 Å². The van der Waals surface area contributed by atoms with E-state index in [1.165, 1.54) is 28.7 Å². The molecule has 0 bridgehead atoms. The molecule has 34 heavy (non-hydrogen) atoms. The molecule has 3 rings (SSSR count). The van der Waals surface area contributed by atoms with Crippen molar-refractivity contribution in [1.29, 1.82) is 0 Å². The number of non-ortho nitro benzene ring substituents is 1. The van der Waals surface area contributed by atoms with Crippen LogP contribution in [0.5, 0.6) is 0 Å². The van der Waals surface area contributed by atoms with Crippen LogP contribution in [0.2, 0.25) is 0 Å².